The molecular weight excluding hydrogens is 106 g/mol. The van der Waals surface area contributed by atoms with Gasteiger partial charge in [0.1, 0.15) is 7.11 Å². The van der Waals surface area contributed by atoms with Crippen molar-refractivity contribution < 1.29 is 9.57 Å². The van der Waals surface area contributed by atoms with Crippen LogP contribution in [0.5, 0.6) is 0 Å². The van der Waals surface area contributed by atoms with Crippen molar-refractivity contribution in [2.24, 2.45) is 5.16 Å². The molecule has 0 radical (unpaired) electrons. The van der Waals surface area contributed by atoms with Crippen LogP contribution in [0.25, 0.3) is 0 Å². The van der Waals surface area contributed by atoms with E-state index in [2.05, 4.69) is 9.99 Å². The zero-order valence-electron chi connectivity index (χ0n) is 5.47. The predicted molar refractivity (Wildman–Crippen MR) is 31.7 cm³/mol. The van der Waals surface area contributed by atoms with Crippen LogP contribution in [0.15, 0.2) is 5.16 Å². The van der Waals surface area contributed by atoms with Crippen LogP contribution < -0.4 is 0 Å². The molecule has 0 aliphatic heterocycles. The Hall–Kier alpha value is -0.730. The van der Waals surface area contributed by atoms with Gasteiger partial charge in [-0.1, -0.05) is 12.1 Å². The van der Waals surface area contributed by atoms with Crippen molar-refractivity contribution >= 4 is 5.90 Å². The number of oxime groups is 1. The lowest BCUT2D eigenvalue weighted by atomic mass is 10.5. The van der Waals surface area contributed by atoms with Crippen molar-refractivity contribution in [1.29, 1.82) is 0 Å². The third-order valence-electron chi connectivity index (χ3n) is 0.731. The average molecular weight is 117 g/mol. The van der Waals surface area contributed by atoms with E-state index in [4.69, 9.17) is 4.74 Å². The Kier molecular flexibility index (Phi) is 4.03. The zero-order valence-corrected chi connectivity index (χ0v) is 5.47. The minimum atomic E-state index is 0.618. The summed E-state index contributed by atoms with van der Waals surface area (Å²) in [5.41, 5.74) is 0. The summed E-state index contributed by atoms with van der Waals surface area (Å²) in [5.74, 6) is 0.618. The van der Waals surface area contributed by atoms with Gasteiger partial charge < -0.3 is 9.57 Å². The summed E-state index contributed by atoms with van der Waals surface area (Å²) >= 11 is 0. The summed E-state index contributed by atoms with van der Waals surface area (Å²) in [6, 6.07) is 0. The second kappa shape index (κ2) is 4.43. The van der Waals surface area contributed by atoms with E-state index < -0.39 is 0 Å². The molecule has 0 aromatic rings. The van der Waals surface area contributed by atoms with Crippen LogP contribution in [0.3, 0.4) is 0 Å². The number of nitrogens with zero attached hydrogens (tertiary/aromatic N) is 1. The normalized spacial score (nSPS) is 11.1. The van der Waals surface area contributed by atoms with Gasteiger partial charge in [-0.25, -0.2) is 0 Å². The summed E-state index contributed by atoms with van der Waals surface area (Å²) in [6.45, 7) is 1.95. The lowest BCUT2D eigenvalue weighted by Gasteiger charge is -1.96. The van der Waals surface area contributed by atoms with Crippen LogP contribution in [-0.4, -0.2) is 20.1 Å². The number of ether oxygens (including phenoxy) is 1. The minimum Gasteiger partial charge on any atom is -0.482 e. The van der Waals surface area contributed by atoms with Crippen LogP contribution in [-0.2, 0) is 9.57 Å². The molecule has 0 amide bonds. The first-order chi connectivity index (χ1) is 3.85. The Labute approximate surface area is 49.3 Å². The zero-order chi connectivity index (χ0) is 6.41. The molecule has 0 unspecified atom stereocenters. The lowest BCUT2D eigenvalue weighted by Crippen LogP contribution is -1.98. The van der Waals surface area contributed by atoms with Gasteiger partial charge in [-0.2, -0.15) is 0 Å². The molecule has 3 heteroatoms. The van der Waals surface area contributed by atoms with Crippen molar-refractivity contribution in [3.63, 3.8) is 0 Å². The fourth-order valence-electron chi connectivity index (χ4n) is 0.348. The van der Waals surface area contributed by atoms with Crippen LogP contribution in [0.4, 0.5) is 0 Å². The molecule has 0 saturated carbocycles. The SMILES string of the molecule is CC/C(=N/OC)OC. The van der Waals surface area contributed by atoms with E-state index in [1.807, 2.05) is 6.92 Å². The van der Waals surface area contributed by atoms with Gasteiger partial charge in [0.15, 0.2) is 0 Å². The van der Waals surface area contributed by atoms with Gasteiger partial charge in [-0.15, -0.1) is 0 Å². The fraction of sp³-hybridized carbons (Fsp3) is 0.800. The van der Waals surface area contributed by atoms with Gasteiger partial charge in [0.05, 0.1) is 7.11 Å². The quantitative estimate of drug-likeness (QED) is 0.307. The third-order valence-corrected chi connectivity index (χ3v) is 0.731. The maximum atomic E-state index is 4.76. The van der Waals surface area contributed by atoms with Crippen LogP contribution in [0.2, 0.25) is 0 Å². The molecule has 0 bridgehead atoms. The predicted octanol–water partition coefficient (Wildman–Crippen LogP) is 1.00. The second-order valence-electron chi connectivity index (χ2n) is 1.23. The van der Waals surface area contributed by atoms with Gasteiger partial charge in [0.25, 0.3) is 0 Å². The summed E-state index contributed by atoms with van der Waals surface area (Å²) in [6.07, 6.45) is 0.768. The van der Waals surface area contributed by atoms with Crippen molar-refractivity contribution in [2.75, 3.05) is 14.2 Å². The second-order valence-corrected chi connectivity index (χ2v) is 1.23. The monoisotopic (exact) mass is 117 g/mol. The van der Waals surface area contributed by atoms with Crippen LogP contribution in [0.1, 0.15) is 13.3 Å². The highest BCUT2D eigenvalue weighted by atomic mass is 16.6. The third kappa shape index (κ3) is 2.44. The molecule has 0 aromatic carbocycles. The van der Waals surface area contributed by atoms with E-state index in [9.17, 15) is 0 Å². The number of methoxy groups -OCH3 is 1. The van der Waals surface area contributed by atoms with E-state index >= 15 is 0 Å². The molecule has 0 aromatic heterocycles. The van der Waals surface area contributed by atoms with E-state index in [0.29, 0.717) is 5.90 Å². The van der Waals surface area contributed by atoms with Crippen molar-refractivity contribution in [3.05, 3.63) is 0 Å². The molecule has 3 nitrogen and oxygen atoms in total. The molecule has 0 fully saturated rings. The first-order valence-electron chi connectivity index (χ1n) is 2.49. The largest absolute Gasteiger partial charge is 0.482 e. The van der Waals surface area contributed by atoms with Crippen LogP contribution >= 0.6 is 0 Å². The molecule has 8 heavy (non-hydrogen) atoms. The molecule has 0 atom stereocenters. The Morgan fingerprint density at radius 1 is 1.50 bits per heavy atom. The first kappa shape index (κ1) is 7.27. The highest BCUT2D eigenvalue weighted by molar-refractivity contribution is 5.74. The van der Waals surface area contributed by atoms with E-state index in [0.717, 1.165) is 6.42 Å². The van der Waals surface area contributed by atoms with Crippen molar-refractivity contribution in [3.8, 4) is 0 Å². The molecule has 0 N–H and O–H groups in total. The Balaban J connectivity index is 3.49. The maximum Gasteiger partial charge on any atom is 0.225 e. The highest BCUT2D eigenvalue weighted by Crippen LogP contribution is 1.85. The molecule has 48 valence electrons. The topological polar surface area (TPSA) is 30.8 Å². The van der Waals surface area contributed by atoms with E-state index in [1.54, 1.807) is 7.11 Å². The van der Waals surface area contributed by atoms with Crippen LogP contribution in [0, 0.1) is 0 Å². The molecule has 0 spiro atoms. The lowest BCUT2D eigenvalue weighted by molar-refractivity contribution is 0.197. The average Bonchev–Trinajstić information content (AvgIpc) is 1.83. The van der Waals surface area contributed by atoms with Gasteiger partial charge >= 0.3 is 0 Å². The molecule has 0 aliphatic carbocycles. The standard InChI is InChI=1S/C5H11NO2/c1-4-5(7-2)6-8-3/h4H2,1-3H3/b6-5-. The Morgan fingerprint density at radius 3 is 2.25 bits per heavy atom. The minimum absolute atomic E-state index is 0.618. The van der Waals surface area contributed by atoms with Gasteiger partial charge in [-0.3, -0.25) is 0 Å². The van der Waals surface area contributed by atoms with Crippen molar-refractivity contribution in [1.82, 2.24) is 0 Å². The summed E-state index contributed by atoms with van der Waals surface area (Å²) in [5, 5.41) is 3.56. The maximum absolute atomic E-state index is 4.76. The smallest absolute Gasteiger partial charge is 0.225 e. The molecular formula is C5H11NO2. The Bertz CT molecular complexity index is 74.5. The number of hydrogen-bond acceptors (Lipinski definition) is 3. The highest BCUT2D eigenvalue weighted by Gasteiger charge is 1.89. The molecule has 0 saturated heterocycles. The fourth-order valence-corrected chi connectivity index (χ4v) is 0.348. The number of rotatable bonds is 2. The molecule has 0 aliphatic rings. The molecule has 0 rings (SSSR count). The summed E-state index contributed by atoms with van der Waals surface area (Å²) < 4.78 is 4.76. The van der Waals surface area contributed by atoms with Gasteiger partial charge in [-0.05, 0) is 0 Å². The summed E-state index contributed by atoms with van der Waals surface area (Å²) in [4.78, 5) is 4.45. The summed E-state index contributed by atoms with van der Waals surface area (Å²) in [7, 11) is 3.07. The van der Waals surface area contributed by atoms with Crippen molar-refractivity contribution in [2.45, 2.75) is 13.3 Å². The van der Waals surface area contributed by atoms with E-state index in [1.165, 1.54) is 7.11 Å². The van der Waals surface area contributed by atoms with Gasteiger partial charge in [0.2, 0.25) is 5.90 Å². The number of hydrogen-bond donors (Lipinski definition) is 0. The first-order valence-corrected chi connectivity index (χ1v) is 2.49. The van der Waals surface area contributed by atoms with Gasteiger partial charge in [0, 0.05) is 6.42 Å². The van der Waals surface area contributed by atoms with E-state index in [-0.39, 0.29) is 0 Å². The Morgan fingerprint density at radius 2 is 2.12 bits per heavy atom. The molecule has 0 heterocycles.